The first kappa shape index (κ1) is 14.7. The van der Waals surface area contributed by atoms with E-state index in [1.165, 1.54) is 12.1 Å². The molecule has 2 aliphatic rings. The Bertz CT molecular complexity index is 641. The fourth-order valence-corrected chi connectivity index (χ4v) is 2.70. The number of carbonyl (C=O) groups is 1. The van der Waals surface area contributed by atoms with Gasteiger partial charge in [0.05, 0.1) is 0 Å². The summed E-state index contributed by atoms with van der Waals surface area (Å²) >= 11 is 0. The maximum atomic E-state index is 12.4. The van der Waals surface area contributed by atoms with Crippen molar-refractivity contribution < 1.29 is 18.3 Å². The quantitative estimate of drug-likeness (QED) is 0.803. The van der Waals surface area contributed by atoms with Gasteiger partial charge in [0.15, 0.2) is 0 Å². The van der Waals surface area contributed by atoms with Crippen molar-refractivity contribution in [1.82, 2.24) is 4.90 Å². The molecule has 3 rings (SSSR count). The van der Waals surface area contributed by atoms with Crippen molar-refractivity contribution in [3.8, 4) is 5.75 Å². The average Bonchev–Trinajstić information content (AvgIpc) is 2.66. The number of benzene rings is 1. The van der Waals surface area contributed by atoms with Crippen molar-refractivity contribution in [2.45, 2.75) is 32.3 Å². The van der Waals surface area contributed by atoms with Gasteiger partial charge in [0.2, 0.25) is 0 Å². The molecule has 1 aromatic carbocycles. The maximum absolute atomic E-state index is 12.4. The van der Waals surface area contributed by atoms with Gasteiger partial charge in [-0.2, -0.15) is 8.78 Å². The molecule has 0 bridgehead atoms. The molecule has 1 aromatic rings. The first-order chi connectivity index (χ1) is 10.6. The normalized spacial score (nSPS) is 20.1. The molecule has 0 saturated carbocycles. The highest BCUT2D eigenvalue weighted by Crippen LogP contribution is 2.27. The minimum Gasteiger partial charge on any atom is -0.434 e. The molecule has 6 heteroatoms. The summed E-state index contributed by atoms with van der Waals surface area (Å²) in [4.78, 5) is 18.5. The van der Waals surface area contributed by atoms with Gasteiger partial charge in [-0.05, 0) is 25.0 Å². The molecular formula is C16H16F2N2O2. The number of carbonyl (C=O) groups excluding carboxylic acids is 1. The van der Waals surface area contributed by atoms with E-state index in [9.17, 15) is 13.6 Å². The summed E-state index contributed by atoms with van der Waals surface area (Å²) in [6.07, 6.45) is 5.36. The molecular weight excluding hydrogens is 290 g/mol. The number of nitrogens with zero attached hydrogens (tertiary/aromatic N) is 2. The third kappa shape index (κ3) is 3.00. The van der Waals surface area contributed by atoms with Gasteiger partial charge in [0, 0.05) is 18.5 Å². The van der Waals surface area contributed by atoms with Gasteiger partial charge in [0.25, 0.3) is 5.91 Å². The molecule has 0 aliphatic carbocycles. The molecule has 1 amide bonds. The average molecular weight is 306 g/mol. The van der Waals surface area contributed by atoms with Gasteiger partial charge in [-0.1, -0.05) is 24.6 Å². The van der Waals surface area contributed by atoms with Crippen LogP contribution in [0, 0.1) is 0 Å². The largest absolute Gasteiger partial charge is 0.434 e. The Morgan fingerprint density at radius 1 is 1.23 bits per heavy atom. The molecule has 116 valence electrons. The molecule has 0 atom stereocenters. The number of rotatable bonds is 3. The number of para-hydroxylation sites is 1. The smallest absolute Gasteiger partial charge is 0.387 e. The van der Waals surface area contributed by atoms with Crippen LogP contribution in [-0.2, 0) is 4.79 Å². The van der Waals surface area contributed by atoms with Gasteiger partial charge >= 0.3 is 6.61 Å². The molecule has 22 heavy (non-hydrogen) atoms. The van der Waals surface area contributed by atoms with Crippen LogP contribution in [0.2, 0.25) is 0 Å². The molecule has 0 spiro atoms. The number of alkyl halides is 2. The monoisotopic (exact) mass is 306 g/mol. The Balaban J connectivity index is 1.91. The first-order valence-electron chi connectivity index (χ1n) is 7.30. The molecule has 0 aromatic heterocycles. The van der Waals surface area contributed by atoms with E-state index in [1.54, 1.807) is 23.1 Å². The molecule has 2 aliphatic heterocycles. The Hall–Kier alpha value is -2.24. The number of fused-ring (bicyclic) bond motifs is 1. The van der Waals surface area contributed by atoms with Crippen LogP contribution in [0.3, 0.4) is 0 Å². The number of hydrogen-bond donors (Lipinski definition) is 0. The van der Waals surface area contributed by atoms with Gasteiger partial charge in [-0.25, -0.2) is 4.99 Å². The number of halogens is 2. The van der Waals surface area contributed by atoms with E-state index in [0.29, 0.717) is 12.1 Å². The van der Waals surface area contributed by atoms with Crippen LogP contribution < -0.4 is 4.74 Å². The number of aliphatic imine (C=N–C) groups is 1. The van der Waals surface area contributed by atoms with Crippen LogP contribution in [-0.4, -0.2) is 29.8 Å². The Kier molecular flexibility index (Phi) is 4.18. The number of hydrogen-bond acceptors (Lipinski definition) is 3. The highest BCUT2D eigenvalue weighted by atomic mass is 19.3. The van der Waals surface area contributed by atoms with E-state index in [-0.39, 0.29) is 17.4 Å². The molecule has 2 heterocycles. The summed E-state index contributed by atoms with van der Waals surface area (Å²) in [7, 11) is 0. The topological polar surface area (TPSA) is 41.9 Å². The van der Waals surface area contributed by atoms with E-state index >= 15 is 0 Å². The summed E-state index contributed by atoms with van der Waals surface area (Å²) < 4.78 is 29.3. The van der Waals surface area contributed by atoms with Crippen molar-refractivity contribution >= 4 is 17.8 Å². The van der Waals surface area contributed by atoms with Gasteiger partial charge in [-0.3, -0.25) is 9.69 Å². The lowest BCUT2D eigenvalue weighted by Crippen LogP contribution is -2.31. The molecule has 1 saturated heterocycles. The van der Waals surface area contributed by atoms with Gasteiger partial charge in [-0.15, -0.1) is 0 Å². The van der Waals surface area contributed by atoms with Gasteiger partial charge < -0.3 is 4.74 Å². The Morgan fingerprint density at radius 2 is 2.05 bits per heavy atom. The fraction of sp³-hybridized carbons (Fsp3) is 0.375. The van der Waals surface area contributed by atoms with Crippen LogP contribution in [0.4, 0.5) is 8.78 Å². The van der Waals surface area contributed by atoms with Gasteiger partial charge in [0.1, 0.15) is 17.3 Å². The first-order valence-corrected chi connectivity index (χ1v) is 7.30. The molecule has 1 fully saturated rings. The lowest BCUT2D eigenvalue weighted by molar-refractivity contribution is -0.122. The van der Waals surface area contributed by atoms with Crippen molar-refractivity contribution in [1.29, 1.82) is 0 Å². The third-order valence-electron chi connectivity index (χ3n) is 3.73. The summed E-state index contributed by atoms with van der Waals surface area (Å²) in [5.41, 5.74) is 0.704. The highest BCUT2D eigenvalue weighted by Gasteiger charge is 2.30. The maximum Gasteiger partial charge on any atom is 0.387 e. The zero-order valence-electron chi connectivity index (χ0n) is 12.0. The summed E-state index contributed by atoms with van der Waals surface area (Å²) in [5.74, 6) is 0.657. The van der Waals surface area contributed by atoms with Crippen molar-refractivity contribution in [2.24, 2.45) is 4.99 Å². The number of amidine groups is 1. The van der Waals surface area contributed by atoms with Crippen molar-refractivity contribution in [2.75, 3.05) is 6.54 Å². The lowest BCUT2D eigenvalue weighted by atomic mass is 10.1. The van der Waals surface area contributed by atoms with E-state index < -0.39 is 6.61 Å². The van der Waals surface area contributed by atoms with Crippen LogP contribution in [0.25, 0.3) is 6.08 Å². The molecule has 0 N–H and O–H groups in total. The lowest BCUT2D eigenvalue weighted by Gasteiger charge is -2.14. The highest BCUT2D eigenvalue weighted by molar-refractivity contribution is 6.14. The van der Waals surface area contributed by atoms with E-state index in [1.807, 2.05) is 0 Å². The van der Waals surface area contributed by atoms with E-state index in [2.05, 4.69) is 9.73 Å². The molecule has 0 unspecified atom stereocenters. The zero-order chi connectivity index (χ0) is 15.5. The van der Waals surface area contributed by atoms with Crippen LogP contribution in [0.1, 0.15) is 31.2 Å². The second-order valence-corrected chi connectivity index (χ2v) is 5.24. The second-order valence-electron chi connectivity index (χ2n) is 5.24. The Labute approximate surface area is 127 Å². The Morgan fingerprint density at radius 3 is 2.86 bits per heavy atom. The molecule has 0 radical (unpaired) electrons. The predicted octanol–water partition coefficient (Wildman–Crippen LogP) is 3.44. The minimum atomic E-state index is -2.90. The predicted molar refractivity (Wildman–Crippen MR) is 78.7 cm³/mol. The van der Waals surface area contributed by atoms with Crippen LogP contribution in [0.5, 0.6) is 5.75 Å². The zero-order valence-corrected chi connectivity index (χ0v) is 12.0. The van der Waals surface area contributed by atoms with E-state index in [4.69, 9.17) is 0 Å². The van der Waals surface area contributed by atoms with Crippen LogP contribution in [0.15, 0.2) is 35.0 Å². The third-order valence-corrected chi connectivity index (χ3v) is 3.73. The fourth-order valence-electron chi connectivity index (χ4n) is 2.70. The number of amides is 1. The SMILES string of the molecule is O=C1C(=Cc2ccccc2OC(F)F)N=C2CCCCCN12. The second kappa shape index (κ2) is 6.25. The summed E-state index contributed by atoms with van der Waals surface area (Å²) in [6.45, 7) is -2.23. The van der Waals surface area contributed by atoms with Crippen LogP contribution >= 0.6 is 0 Å². The van der Waals surface area contributed by atoms with Crippen molar-refractivity contribution in [3.05, 3.63) is 35.5 Å². The summed E-state index contributed by atoms with van der Waals surface area (Å²) in [6, 6.07) is 6.39. The standard InChI is InChI=1S/C16H16F2N2O2/c17-16(18)22-13-7-4-3-6-11(13)10-12-15(21)20-9-5-1-2-8-14(20)19-12/h3-4,6-7,10,16H,1-2,5,8-9H2. The minimum absolute atomic E-state index is 0.0418. The molecule has 4 nitrogen and oxygen atoms in total. The van der Waals surface area contributed by atoms with Crippen molar-refractivity contribution in [3.63, 3.8) is 0 Å². The number of ether oxygens (including phenoxy) is 1. The summed E-state index contributed by atoms with van der Waals surface area (Å²) in [5, 5.41) is 0. The van der Waals surface area contributed by atoms with E-state index in [0.717, 1.165) is 31.5 Å².